The third-order valence-electron chi connectivity index (χ3n) is 11.3. The maximum atomic E-state index is 12.8. The second-order valence-corrected chi connectivity index (χ2v) is 17.4. The summed E-state index contributed by atoms with van der Waals surface area (Å²) in [5, 5.41) is 0. The lowest BCUT2D eigenvalue weighted by atomic mass is 10.1. The number of hydrogen-bond acceptors (Lipinski definition) is 6. The first kappa shape index (κ1) is 57.6. The molecule has 0 radical (unpaired) electrons. The number of carbonyl (C=O) groups is 3. The first-order valence-electron chi connectivity index (χ1n) is 26.0. The largest absolute Gasteiger partial charge is 0.462 e. The second kappa shape index (κ2) is 49.3. The highest BCUT2D eigenvalue weighted by Gasteiger charge is 2.19. The van der Waals surface area contributed by atoms with Crippen LogP contribution in [0.15, 0.2) is 36.5 Å². The summed E-state index contributed by atoms with van der Waals surface area (Å²) in [5.41, 5.74) is 0. The van der Waals surface area contributed by atoms with E-state index in [0.717, 1.165) is 77.0 Å². The van der Waals surface area contributed by atoms with E-state index in [0.29, 0.717) is 19.3 Å². The summed E-state index contributed by atoms with van der Waals surface area (Å²) < 4.78 is 16.8. The van der Waals surface area contributed by atoms with Crippen LogP contribution in [0.1, 0.15) is 271 Å². The van der Waals surface area contributed by atoms with E-state index in [2.05, 4.69) is 57.2 Å². The first-order chi connectivity index (χ1) is 29.5. The average Bonchev–Trinajstić information content (AvgIpc) is 3.24. The SMILES string of the molecule is CCCC/C=C\CCCCCCCC(=O)OC[C@H](COC(=O)CCCCCCCCC/C=C\CCCCCCCC)OC(=O)CCCCCCC/C=C\CCCCCCC. The fourth-order valence-corrected chi connectivity index (χ4v) is 7.35. The highest BCUT2D eigenvalue weighted by molar-refractivity contribution is 5.71. The molecule has 0 aromatic heterocycles. The Hall–Kier alpha value is -2.37. The zero-order valence-corrected chi connectivity index (χ0v) is 40.0. The van der Waals surface area contributed by atoms with Gasteiger partial charge in [-0.3, -0.25) is 14.4 Å². The van der Waals surface area contributed by atoms with E-state index in [4.69, 9.17) is 14.2 Å². The Labute approximate surface area is 372 Å². The predicted molar refractivity (Wildman–Crippen MR) is 256 cm³/mol. The molecular formula is C54H98O6. The van der Waals surface area contributed by atoms with Crippen molar-refractivity contribution in [1.29, 1.82) is 0 Å². The van der Waals surface area contributed by atoms with Crippen molar-refractivity contribution in [2.45, 2.75) is 277 Å². The number of rotatable bonds is 47. The van der Waals surface area contributed by atoms with E-state index >= 15 is 0 Å². The van der Waals surface area contributed by atoms with Gasteiger partial charge in [0.15, 0.2) is 6.10 Å². The van der Waals surface area contributed by atoms with Crippen molar-refractivity contribution in [1.82, 2.24) is 0 Å². The fourth-order valence-electron chi connectivity index (χ4n) is 7.35. The van der Waals surface area contributed by atoms with Gasteiger partial charge in [0.2, 0.25) is 0 Å². The molecule has 0 saturated carbocycles. The molecule has 6 heteroatoms. The Bertz CT molecular complexity index is 1020. The zero-order valence-electron chi connectivity index (χ0n) is 40.0. The summed E-state index contributed by atoms with van der Waals surface area (Å²) in [7, 11) is 0. The van der Waals surface area contributed by atoms with Gasteiger partial charge in [-0.05, 0) is 89.9 Å². The Balaban J connectivity index is 4.35. The van der Waals surface area contributed by atoms with Crippen LogP contribution in [0, 0.1) is 0 Å². The van der Waals surface area contributed by atoms with Gasteiger partial charge in [0, 0.05) is 19.3 Å². The van der Waals surface area contributed by atoms with Gasteiger partial charge in [0.05, 0.1) is 0 Å². The van der Waals surface area contributed by atoms with Gasteiger partial charge >= 0.3 is 17.9 Å². The summed E-state index contributed by atoms with van der Waals surface area (Å²) >= 11 is 0. The van der Waals surface area contributed by atoms with Crippen molar-refractivity contribution in [3.05, 3.63) is 36.5 Å². The maximum Gasteiger partial charge on any atom is 0.306 e. The average molecular weight is 843 g/mol. The molecule has 0 amide bonds. The summed E-state index contributed by atoms with van der Waals surface area (Å²) in [4.78, 5) is 37.9. The summed E-state index contributed by atoms with van der Waals surface area (Å²) in [5.74, 6) is -0.894. The number of carbonyl (C=O) groups excluding carboxylic acids is 3. The molecule has 0 aromatic carbocycles. The van der Waals surface area contributed by atoms with E-state index in [1.807, 2.05) is 0 Å². The Kier molecular flexibility index (Phi) is 47.3. The predicted octanol–water partition coefficient (Wildman–Crippen LogP) is 16.9. The van der Waals surface area contributed by atoms with Crippen molar-refractivity contribution in [3.8, 4) is 0 Å². The van der Waals surface area contributed by atoms with Gasteiger partial charge in [-0.2, -0.15) is 0 Å². The molecule has 0 unspecified atom stereocenters. The molecule has 0 fully saturated rings. The quantitative estimate of drug-likeness (QED) is 0.0263. The summed E-state index contributed by atoms with van der Waals surface area (Å²) in [6.07, 6.45) is 57.0. The van der Waals surface area contributed by atoms with Crippen molar-refractivity contribution in [3.63, 3.8) is 0 Å². The molecule has 6 nitrogen and oxygen atoms in total. The van der Waals surface area contributed by atoms with Crippen molar-refractivity contribution < 1.29 is 28.6 Å². The monoisotopic (exact) mass is 843 g/mol. The Morgan fingerprint density at radius 2 is 0.567 bits per heavy atom. The molecule has 0 aromatic rings. The number of hydrogen-bond donors (Lipinski definition) is 0. The number of esters is 3. The van der Waals surface area contributed by atoms with Crippen LogP contribution in [-0.2, 0) is 28.6 Å². The highest BCUT2D eigenvalue weighted by atomic mass is 16.6. The summed E-state index contributed by atoms with van der Waals surface area (Å²) in [6, 6.07) is 0. The van der Waals surface area contributed by atoms with Gasteiger partial charge in [-0.15, -0.1) is 0 Å². The van der Waals surface area contributed by atoms with Gasteiger partial charge in [-0.25, -0.2) is 0 Å². The number of allylic oxidation sites excluding steroid dienone is 6. The second-order valence-electron chi connectivity index (χ2n) is 17.4. The minimum atomic E-state index is -0.778. The van der Waals surface area contributed by atoms with E-state index in [9.17, 15) is 14.4 Å². The Morgan fingerprint density at radius 1 is 0.317 bits per heavy atom. The lowest BCUT2D eigenvalue weighted by Crippen LogP contribution is -2.30. The molecular weight excluding hydrogens is 745 g/mol. The molecule has 0 N–H and O–H groups in total. The lowest BCUT2D eigenvalue weighted by Gasteiger charge is -2.18. The molecule has 0 heterocycles. The van der Waals surface area contributed by atoms with Crippen LogP contribution >= 0.6 is 0 Å². The molecule has 0 bridgehead atoms. The smallest absolute Gasteiger partial charge is 0.306 e. The normalized spacial score (nSPS) is 12.2. The van der Waals surface area contributed by atoms with Crippen LogP contribution in [0.3, 0.4) is 0 Å². The molecule has 0 spiro atoms. The topological polar surface area (TPSA) is 78.9 Å². The maximum absolute atomic E-state index is 12.8. The molecule has 0 aliphatic carbocycles. The van der Waals surface area contributed by atoms with E-state index in [-0.39, 0.29) is 31.1 Å². The van der Waals surface area contributed by atoms with Gasteiger partial charge in [0.25, 0.3) is 0 Å². The molecule has 0 aliphatic heterocycles. The molecule has 0 saturated heterocycles. The fraction of sp³-hybridized carbons (Fsp3) is 0.833. The van der Waals surface area contributed by atoms with E-state index in [1.54, 1.807) is 0 Å². The standard InChI is InChI=1S/C54H98O6/c1-4-7-10-13-16-19-22-24-26-27-28-30-32-35-38-41-44-47-53(56)59-50-51(49-58-52(55)46-43-40-37-34-31-21-18-15-12-9-6-3)60-54(57)48-45-42-39-36-33-29-25-23-20-17-14-11-8-5-2/h15,18,23-26,51H,4-14,16-17,19-22,27-50H2,1-3H3/b18-15-,25-23-,26-24-/t51-/m1/s1. The summed E-state index contributed by atoms with van der Waals surface area (Å²) in [6.45, 7) is 6.58. The van der Waals surface area contributed by atoms with Gasteiger partial charge in [-0.1, -0.05) is 198 Å². The highest BCUT2D eigenvalue weighted by Crippen LogP contribution is 2.14. The van der Waals surface area contributed by atoms with Gasteiger partial charge < -0.3 is 14.2 Å². The van der Waals surface area contributed by atoms with Gasteiger partial charge in [0.1, 0.15) is 13.2 Å². The molecule has 350 valence electrons. The minimum absolute atomic E-state index is 0.0790. The molecule has 0 rings (SSSR count). The van der Waals surface area contributed by atoms with E-state index < -0.39 is 6.10 Å². The van der Waals surface area contributed by atoms with Crippen molar-refractivity contribution in [2.24, 2.45) is 0 Å². The molecule has 0 aliphatic rings. The van der Waals surface area contributed by atoms with Crippen molar-refractivity contribution >= 4 is 17.9 Å². The van der Waals surface area contributed by atoms with Crippen LogP contribution in [0.2, 0.25) is 0 Å². The molecule has 60 heavy (non-hydrogen) atoms. The molecule has 1 atom stereocenters. The number of ether oxygens (including phenoxy) is 3. The van der Waals surface area contributed by atoms with Crippen LogP contribution in [0.25, 0.3) is 0 Å². The van der Waals surface area contributed by atoms with Crippen LogP contribution < -0.4 is 0 Å². The van der Waals surface area contributed by atoms with E-state index in [1.165, 1.54) is 154 Å². The van der Waals surface area contributed by atoms with Crippen LogP contribution in [0.4, 0.5) is 0 Å². The Morgan fingerprint density at radius 3 is 0.883 bits per heavy atom. The number of unbranched alkanes of at least 4 members (excludes halogenated alkanes) is 30. The first-order valence-corrected chi connectivity index (χ1v) is 26.0. The zero-order chi connectivity index (χ0) is 43.7. The minimum Gasteiger partial charge on any atom is -0.462 e. The van der Waals surface area contributed by atoms with Crippen LogP contribution in [0.5, 0.6) is 0 Å². The third kappa shape index (κ3) is 46.7. The lowest BCUT2D eigenvalue weighted by molar-refractivity contribution is -0.167. The van der Waals surface area contributed by atoms with Crippen LogP contribution in [-0.4, -0.2) is 37.2 Å². The van der Waals surface area contributed by atoms with Crippen molar-refractivity contribution in [2.75, 3.05) is 13.2 Å². The third-order valence-corrected chi connectivity index (χ3v) is 11.3.